The second kappa shape index (κ2) is 10.6. The molecule has 1 amide bonds. The molecule has 0 fully saturated rings. The van der Waals surface area contributed by atoms with Crippen LogP contribution in [-0.4, -0.2) is 37.8 Å². The zero-order valence-electron chi connectivity index (χ0n) is 17.6. The van der Waals surface area contributed by atoms with E-state index in [4.69, 9.17) is 16.6 Å². The number of rotatable bonds is 5. The van der Waals surface area contributed by atoms with E-state index < -0.39 is 0 Å². The molecular formula is C25H24Cl2FN3O. The number of aliphatic imine (C=N–C) groups is 1. The Balaban J connectivity index is 0.00000289. The highest BCUT2D eigenvalue weighted by atomic mass is 35.5. The van der Waals surface area contributed by atoms with Gasteiger partial charge in [0.05, 0.1) is 24.7 Å². The molecule has 3 aromatic rings. The van der Waals surface area contributed by atoms with Gasteiger partial charge in [0.1, 0.15) is 5.82 Å². The summed E-state index contributed by atoms with van der Waals surface area (Å²) in [6.45, 7) is 0.851. The van der Waals surface area contributed by atoms with Crippen molar-refractivity contribution in [1.29, 1.82) is 0 Å². The molecule has 32 heavy (non-hydrogen) atoms. The van der Waals surface area contributed by atoms with Crippen LogP contribution in [-0.2, 0) is 11.2 Å². The third kappa shape index (κ3) is 5.12. The molecule has 1 heterocycles. The molecule has 0 saturated heterocycles. The van der Waals surface area contributed by atoms with Gasteiger partial charge in [-0.3, -0.25) is 9.79 Å². The first-order valence-electron chi connectivity index (χ1n) is 10.2. The van der Waals surface area contributed by atoms with Gasteiger partial charge in [-0.2, -0.15) is 0 Å². The number of para-hydroxylation sites is 1. The third-order valence-electron chi connectivity index (χ3n) is 5.52. The van der Waals surface area contributed by atoms with Crippen molar-refractivity contribution in [1.82, 2.24) is 5.32 Å². The molecule has 1 N–H and O–H groups in total. The van der Waals surface area contributed by atoms with Crippen LogP contribution in [0.5, 0.6) is 0 Å². The molecule has 1 aliphatic heterocycles. The largest absolute Gasteiger partial charge is 0.367 e. The first-order chi connectivity index (χ1) is 15.0. The number of carbonyl (C=O) groups excluding carboxylic acids is 1. The van der Waals surface area contributed by atoms with Crippen molar-refractivity contribution in [2.24, 2.45) is 4.99 Å². The van der Waals surface area contributed by atoms with E-state index in [1.807, 2.05) is 55.6 Å². The van der Waals surface area contributed by atoms with Crippen molar-refractivity contribution in [2.45, 2.75) is 12.5 Å². The van der Waals surface area contributed by atoms with Crippen LogP contribution in [0.4, 0.5) is 10.1 Å². The van der Waals surface area contributed by atoms with Crippen LogP contribution < -0.4 is 10.2 Å². The van der Waals surface area contributed by atoms with Crippen molar-refractivity contribution in [3.05, 3.63) is 100 Å². The predicted octanol–water partition coefficient (Wildman–Crippen LogP) is 4.92. The summed E-state index contributed by atoms with van der Waals surface area (Å²) in [6.07, 6.45) is 0.219. The van der Waals surface area contributed by atoms with Crippen LogP contribution in [0.2, 0.25) is 5.02 Å². The number of benzene rings is 3. The Hall–Kier alpha value is -2.89. The molecule has 1 atom stereocenters. The number of nitrogens with zero attached hydrogens (tertiary/aromatic N) is 2. The van der Waals surface area contributed by atoms with Gasteiger partial charge in [0.25, 0.3) is 0 Å². The first-order valence-corrected chi connectivity index (χ1v) is 10.5. The first kappa shape index (κ1) is 23.8. The Morgan fingerprint density at radius 1 is 1.06 bits per heavy atom. The number of nitrogens with one attached hydrogen (secondary N) is 1. The summed E-state index contributed by atoms with van der Waals surface area (Å²) < 4.78 is 14.5. The molecule has 0 spiro atoms. The van der Waals surface area contributed by atoms with Crippen molar-refractivity contribution in [2.75, 3.05) is 25.0 Å². The van der Waals surface area contributed by atoms with Gasteiger partial charge >= 0.3 is 0 Å². The maximum absolute atomic E-state index is 14.5. The van der Waals surface area contributed by atoms with Crippen LogP contribution in [0.3, 0.4) is 0 Å². The fourth-order valence-corrected chi connectivity index (χ4v) is 3.98. The smallest absolute Gasteiger partial charge is 0.224 e. The minimum absolute atomic E-state index is 0. The molecule has 0 aliphatic carbocycles. The standard InChI is InChI=1S/C25H23ClFN3O.ClH/c1-30-18(15-28-24(31)14-17-8-2-5-11-21(17)26)16-29-25(19-9-3-6-12-22(19)27)20-10-4-7-13-23(20)30;/h2-13,18H,14-16H2,1H3,(H,28,31);1H. The summed E-state index contributed by atoms with van der Waals surface area (Å²) in [5.41, 5.74) is 3.73. The minimum Gasteiger partial charge on any atom is -0.367 e. The Labute approximate surface area is 198 Å². The highest BCUT2D eigenvalue weighted by molar-refractivity contribution is 6.31. The average Bonchev–Trinajstić information content (AvgIpc) is 2.91. The Bertz CT molecular complexity index is 1140. The van der Waals surface area contributed by atoms with Gasteiger partial charge in [-0.25, -0.2) is 4.39 Å². The highest BCUT2D eigenvalue weighted by Crippen LogP contribution is 2.28. The minimum atomic E-state index is -0.301. The monoisotopic (exact) mass is 471 g/mol. The number of fused-ring (bicyclic) bond motifs is 1. The number of hydrogen-bond donors (Lipinski definition) is 1. The van der Waals surface area contributed by atoms with Crippen LogP contribution in [0.1, 0.15) is 16.7 Å². The molecule has 4 nitrogen and oxygen atoms in total. The van der Waals surface area contributed by atoms with Gasteiger partial charge in [0.2, 0.25) is 5.91 Å². The molecule has 166 valence electrons. The Kier molecular flexibility index (Phi) is 7.89. The van der Waals surface area contributed by atoms with Gasteiger partial charge in [-0.05, 0) is 29.8 Å². The van der Waals surface area contributed by atoms with Crippen molar-refractivity contribution in [3.63, 3.8) is 0 Å². The van der Waals surface area contributed by atoms with E-state index >= 15 is 0 Å². The van der Waals surface area contributed by atoms with Gasteiger partial charge in [0.15, 0.2) is 0 Å². The van der Waals surface area contributed by atoms with E-state index in [0.717, 1.165) is 16.8 Å². The second-order valence-electron chi connectivity index (χ2n) is 7.52. The van der Waals surface area contributed by atoms with Gasteiger partial charge < -0.3 is 10.2 Å². The van der Waals surface area contributed by atoms with Crippen LogP contribution in [0.25, 0.3) is 0 Å². The van der Waals surface area contributed by atoms with Crippen LogP contribution >= 0.6 is 24.0 Å². The maximum Gasteiger partial charge on any atom is 0.224 e. The average molecular weight is 472 g/mol. The number of hydrogen-bond acceptors (Lipinski definition) is 3. The molecule has 1 aliphatic rings. The summed E-state index contributed by atoms with van der Waals surface area (Å²) >= 11 is 6.17. The maximum atomic E-state index is 14.5. The number of anilines is 1. The summed E-state index contributed by atoms with van der Waals surface area (Å²) in [5.74, 6) is -0.400. The van der Waals surface area contributed by atoms with E-state index in [1.165, 1.54) is 6.07 Å². The quantitative estimate of drug-likeness (QED) is 0.573. The lowest BCUT2D eigenvalue weighted by atomic mass is 10.00. The molecule has 0 aromatic heterocycles. The summed E-state index contributed by atoms with van der Waals surface area (Å²) in [6, 6.07) is 21.8. The van der Waals surface area contributed by atoms with Gasteiger partial charge in [-0.1, -0.05) is 60.1 Å². The van der Waals surface area contributed by atoms with E-state index in [9.17, 15) is 9.18 Å². The summed E-state index contributed by atoms with van der Waals surface area (Å²) in [5, 5.41) is 3.58. The predicted molar refractivity (Wildman–Crippen MR) is 131 cm³/mol. The number of carbonyl (C=O) groups is 1. The van der Waals surface area contributed by atoms with E-state index in [1.54, 1.807) is 18.2 Å². The number of likely N-dealkylation sites (N-methyl/N-ethyl adjacent to an activating group) is 1. The number of benzodiazepines with no additional fused rings is 1. The third-order valence-corrected chi connectivity index (χ3v) is 5.89. The fraction of sp³-hybridized carbons (Fsp3) is 0.200. The van der Waals surface area contributed by atoms with E-state index in [2.05, 4.69) is 10.2 Å². The van der Waals surface area contributed by atoms with E-state index in [-0.39, 0.29) is 36.6 Å². The normalized spacial score (nSPS) is 15.2. The topological polar surface area (TPSA) is 44.7 Å². The SMILES string of the molecule is CN1c2ccccc2C(c2ccccc2F)=NCC1CNC(=O)Cc1ccccc1Cl.Cl. The fourth-order valence-electron chi connectivity index (χ4n) is 3.78. The van der Waals surface area contributed by atoms with Gasteiger partial charge in [-0.15, -0.1) is 12.4 Å². The van der Waals surface area contributed by atoms with Gasteiger partial charge in [0, 0.05) is 35.4 Å². The second-order valence-corrected chi connectivity index (χ2v) is 7.93. The number of amides is 1. The summed E-state index contributed by atoms with van der Waals surface area (Å²) in [7, 11) is 1.98. The van der Waals surface area contributed by atoms with Crippen LogP contribution in [0, 0.1) is 5.82 Å². The van der Waals surface area contributed by atoms with Crippen molar-refractivity contribution in [3.8, 4) is 0 Å². The molecule has 0 saturated carbocycles. The molecule has 7 heteroatoms. The van der Waals surface area contributed by atoms with Crippen LogP contribution in [0.15, 0.2) is 77.8 Å². The lowest BCUT2D eigenvalue weighted by Crippen LogP contribution is -2.44. The van der Waals surface area contributed by atoms with E-state index in [0.29, 0.717) is 29.4 Å². The Morgan fingerprint density at radius 3 is 2.47 bits per heavy atom. The zero-order chi connectivity index (χ0) is 21.8. The lowest BCUT2D eigenvalue weighted by molar-refractivity contribution is -0.120. The molecule has 1 unspecified atom stereocenters. The molecule has 4 rings (SSSR count). The lowest BCUT2D eigenvalue weighted by Gasteiger charge is -2.29. The Morgan fingerprint density at radius 2 is 1.72 bits per heavy atom. The van der Waals surface area contributed by atoms with Crippen molar-refractivity contribution < 1.29 is 9.18 Å². The summed E-state index contributed by atoms with van der Waals surface area (Å²) in [4.78, 5) is 19.4. The zero-order valence-corrected chi connectivity index (χ0v) is 19.2. The highest BCUT2D eigenvalue weighted by Gasteiger charge is 2.25. The molecule has 3 aromatic carbocycles. The molecular weight excluding hydrogens is 448 g/mol. The molecule has 0 bridgehead atoms. The number of halogens is 3. The molecule has 0 radical (unpaired) electrons. The van der Waals surface area contributed by atoms with Crippen molar-refractivity contribution >= 4 is 41.3 Å².